The molecule has 1 aromatic rings. The minimum atomic E-state index is -0.118. The van der Waals surface area contributed by atoms with E-state index in [1.165, 1.54) is 19.2 Å². The van der Waals surface area contributed by atoms with Crippen molar-refractivity contribution in [2.75, 3.05) is 7.11 Å². The summed E-state index contributed by atoms with van der Waals surface area (Å²) in [7, 11) is 1.37. The molecule has 0 aliphatic heterocycles. The number of hydrogen-bond donors (Lipinski definition) is 2. The van der Waals surface area contributed by atoms with Crippen molar-refractivity contribution in [1.29, 1.82) is 0 Å². The third kappa shape index (κ3) is 1.22. The third-order valence-corrected chi connectivity index (χ3v) is 1.40. The molecule has 3 nitrogen and oxygen atoms in total. The first-order chi connectivity index (χ1) is 5.16. The molecule has 59 valence electrons. The second-order valence-electron chi connectivity index (χ2n) is 2.13. The van der Waals surface area contributed by atoms with Crippen LogP contribution in [-0.2, 0) is 0 Å². The second-order valence-corrected chi connectivity index (χ2v) is 2.13. The van der Waals surface area contributed by atoms with Crippen LogP contribution in [0.4, 0.5) is 0 Å². The number of phenolic OH excluding ortho intramolecular Hbond substituents is 2. The maximum absolute atomic E-state index is 9.23. The average molecular weight is 153 g/mol. The molecule has 0 aliphatic carbocycles. The highest BCUT2D eigenvalue weighted by Crippen LogP contribution is 2.37. The molecule has 1 rings (SSSR count). The van der Waals surface area contributed by atoms with E-state index in [-0.39, 0.29) is 17.2 Å². The molecule has 2 N–H and O–H groups in total. The number of ether oxygens (including phenoxy) is 1. The Labute approximate surface area is 64.9 Å². The minimum absolute atomic E-state index is 0.0671. The zero-order valence-electron chi connectivity index (χ0n) is 6.16. The van der Waals surface area contributed by atoms with E-state index in [4.69, 9.17) is 9.84 Å². The van der Waals surface area contributed by atoms with Crippen LogP contribution < -0.4 is 4.74 Å². The van der Waals surface area contributed by atoms with Crippen LogP contribution in [0.15, 0.2) is 12.1 Å². The topological polar surface area (TPSA) is 49.7 Å². The molecule has 0 spiro atoms. The van der Waals surface area contributed by atoms with E-state index >= 15 is 0 Å². The number of rotatable bonds is 1. The zero-order valence-corrected chi connectivity index (χ0v) is 6.16. The molecule has 0 unspecified atom stereocenters. The summed E-state index contributed by atoms with van der Waals surface area (Å²) < 4.78 is 4.72. The van der Waals surface area contributed by atoms with Gasteiger partial charge in [-0.2, -0.15) is 0 Å². The number of methoxy groups -OCH3 is 1. The maximum Gasteiger partial charge on any atom is 0.203 e. The first kappa shape index (κ1) is 7.72. The Hall–Kier alpha value is -1.38. The quantitative estimate of drug-likeness (QED) is 0.639. The highest BCUT2D eigenvalue weighted by atomic mass is 16.5. The van der Waals surface area contributed by atoms with Crippen molar-refractivity contribution in [3.8, 4) is 17.2 Å². The number of hydrogen-bond acceptors (Lipinski definition) is 3. The first-order valence-corrected chi connectivity index (χ1v) is 3.07. The van der Waals surface area contributed by atoms with E-state index in [9.17, 15) is 5.11 Å². The Morgan fingerprint density at radius 1 is 1.36 bits per heavy atom. The van der Waals surface area contributed by atoms with Gasteiger partial charge in [-0.25, -0.2) is 0 Å². The van der Waals surface area contributed by atoms with E-state index in [1.54, 1.807) is 0 Å². The number of benzene rings is 1. The lowest BCUT2D eigenvalue weighted by molar-refractivity contribution is 0.344. The van der Waals surface area contributed by atoms with Crippen LogP contribution in [0.25, 0.3) is 0 Å². The number of aromatic hydroxyl groups is 2. The zero-order chi connectivity index (χ0) is 8.43. The van der Waals surface area contributed by atoms with Gasteiger partial charge in [0.25, 0.3) is 0 Å². The predicted octanol–water partition coefficient (Wildman–Crippen LogP) is 1.29. The fraction of sp³-hybridized carbons (Fsp3) is 0.125. The molecule has 3 heteroatoms. The lowest BCUT2D eigenvalue weighted by atomic mass is 10.2. The second kappa shape index (κ2) is 2.70. The summed E-state index contributed by atoms with van der Waals surface area (Å²) in [4.78, 5) is 0. The summed E-state index contributed by atoms with van der Waals surface area (Å²) in [5.74, 6) is -0.137. The van der Waals surface area contributed by atoms with Crippen LogP contribution >= 0.6 is 0 Å². The summed E-state index contributed by atoms with van der Waals surface area (Å²) in [6.45, 7) is 3.53. The summed E-state index contributed by atoms with van der Waals surface area (Å²) >= 11 is 0. The van der Waals surface area contributed by atoms with Crippen molar-refractivity contribution < 1.29 is 14.9 Å². The third-order valence-electron chi connectivity index (χ3n) is 1.40. The lowest BCUT2D eigenvalue weighted by Crippen LogP contribution is -1.85. The highest BCUT2D eigenvalue weighted by Gasteiger charge is 2.08. The van der Waals surface area contributed by atoms with Crippen molar-refractivity contribution in [2.24, 2.45) is 0 Å². The smallest absolute Gasteiger partial charge is 0.203 e. The molecule has 0 heterocycles. The maximum atomic E-state index is 9.23. The van der Waals surface area contributed by atoms with Crippen LogP contribution in [-0.4, -0.2) is 17.3 Å². The van der Waals surface area contributed by atoms with E-state index in [0.717, 1.165) is 0 Å². The van der Waals surface area contributed by atoms with Crippen molar-refractivity contribution in [3.05, 3.63) is 24.6 Å². The molecule has 0 atom stereocenters. The Bertz CT molecular complexity index is 268. The van der Waals surface area contributed by atoms with Crippen LogP contribution in [0.1, 0.15) is 5.56 Å². The molecule has 0 saturated heterocycles. The molecule has 0 fully saturated rings. The van der Waals surface area contributed by atoms with Gasteiger partial charge < -0.3 is 14.9 Å². The van der Waals surface area contributed by atoms with Gasteiger partial charge in [0, 0.05) is 0 Å². The fourth-order valence-corrected chi connectivity index (χ4v) is 0.803. The number of phenols is 2. The van der Waals surface area contributed by atoms with Gasteiger partial charge in [-0.15, -0.1) is 0 Å². The fourth-order valence-electron chi connectivity index (χ4n) is 0.803. The van der Waals surface area contributed by atoms with Crippen LogP contribution in [0.2, 0.25) is 0 Å². The summed E-state index contributed by atoms with van der Waals surface area (Å²) in [6.07, 6.45) is 0. The molecule has 0 bridgehead atoms. The van der Waals surface area contributed by atoms with Gasteiger partial charge in [-0.1, -0.05) is 6.07 Å². The van der Waals surface area contributed by atoms with Crippen molar-refractivity contribution in [1.82, 2.24) is 0 Å². The van der Waals surface area contributed by atoms with Crippen LogP contribution in [0, 0.1) is 6.92 Å². The molecule has 11 heavy (non-hydrogen) atoms. The molecule has 1 aromatic carbocycles. The minimum Gasteiger partial charge on any atom is -0.504 e. The monoisotopic (exact) mass is 153 g/mol. The first-order valence-electron chi connectivity index (χ1n) is 3.07. The van der Waals surface area contributed by atoms with Gasteiger partial charge >= 0.3 is 0 Å². The molecule has 0 amide bonds. The Kier molecular flexibility index (Phi) is 1.89. The lowest BCUT2D eigenvalue weighted by Gasteiger charge is -2.06. The Morgan fingerprint density at radius 3 is 2.45 bits per heavy atom. The molecule has 0 aliphatic rings. The standard InChI is InChI=1S/C8H9O3/c1-5-3-4-6(9)8(11-2)7(5)10/h3-4,9-10H,1H2,2H3. The molecule has 1 radical (unpaired) electrons. The highest BCUT2D eigenvalue weighted by molar-refractivity contribution is 5.54. The van der Waals surface area contributed by atoms with Crippen molar-refractivity contribution >= 4 is 0 Å². The van der Waals surface area contributed by atoms with Gasteiger partial charge in [-0.3, -0.25) is 0 Å². The Morgan fingerprint density at radius 2 is 2.00 bits per heavy atom. The molecule has 0 saturated carbocycles. The van der Waals surface area contributed by atoms with E-state index in [2.05, 4.69) is 6.92 Å². The summed E-state index contributed by atoms with van der Waals surface area (Å²) in [5, 5.41) is 18.3. The van der Waals surface area contributed by atoms with Crippen molar-refractivity contribution in [2.45, 2.75) is 0 Å². The van der Waals surface area contributed by atoms with Crippen LogP contribution in [0.3, 0.4) is 0 Å². The van der Waals surface area contributed by atoms with Crippen LogP contribution in [0.5, 0.6) is 17.2 Å². The van der Waals surface area contributed by atoms with Gasteiger partial charge in [0.1, 0.15) is 0 Å². The van der Waals surface area contributed by atoms with E-state index in [1.807, 2.05) is 0 Å². The van der Waals surface area contributed by atoms with Gasteiger partial charge in [0.15, 0.2) is 11.5 Å². The largest absolute Gasteiger partial charge is 0.504 e. The SMILES string of the molecule is [CH2]c1ccc(O)c(OC)c1O. The molecule has 0 aromatic heterocycles. The Balaban J connectivity index is 3.29. The normalized spacial score (nSPS) is 9.64. The van der Waals surface area contributed by atoms with Crippen molar-refractivity contribution in [3.63, 3.8) is 0 Å². The molecular weight excluding hydrogens is 144 g/mol. The summed E-state index contributed by atoms with van der Waals surface area (Å²) in [5.41, 5.74) is 0.430. The predicted molar refractivity (Wildman–Crippen MR) is 40.8 cm³/mol. The summed E-state index contributed by atoms with van der Waals surface area (Å²) in [6, 6.07) is 2.92. The van der Waals surface area contributed by atoms with Gasteiger partial charge in [0.2, 0.25) is 5.75 Å². The van der Waals surface area contributed by atoms with Gasteiger partial charge in [-0.05, 0) is 18.6 Å². The van der Waals surface area contributed by atoms with Gasteiger partial charge in [0.05, 0.1) is 7.11 Å². The van der Waals surface area contributed by atoms with E-state index < -0.39 is 0 Å². The molecular formula is C8H9O3. The van der Waals surface area contributed by atoms with E-state index in [0.29, 0.717) is 5.56 Å². The average Bonchev–Trinajstić information content (AvgIpc) is 1.99.